The highest BCUT2D eigenvalue weighted by Crippen LogP contribution is 2.34. The van der Waals surface area contributed by atoms with E-state index in [9.17, 15) is 9.90 Å². The van der Waals surface area contributed by atoms with Gasteiger partial charge in [0.1, 0.15) is 7.85 Å². The van der Waals surface area contributed by atoms with Crippen molar-refractivity contribution in [1.29, 1.82) is 0 Å². The lowest BCUT2D eigenvalue weighted by molar-refractivity contribution is -0.141. The average Bonchev–Trinajstić information content (AvgIpc) is 2.60. The molecule has 1 heterocycles. The molecule has 0 aromatic heterocycles. The fraction of sp³-hybridized carbons (Fsp3) is 0.650. The number of carboxylic acid groups (broad SMARTS) is 1. The number of rotatable bonds is 9. The fourth-order valence-electron chi connectivity index (χ4n) is 3.67. The Bertz CT molecular complexity index is 510. The third-order valence-corrected chi connectivity index (χ3v) is 5.65. The Morgan fingerprint density at radius 1 is 1.19 bits per heavy atom. The van der Waals surface area contributed by atoms with Crippen LogP contribution in [0.1, 0.15) is 51.0 Å². The molecular formula is C20H34BCl2NO2. The first kappa shape index (κ1) is 25.3. The number of hydrogen-bond donors (Lipinski definition) is 1. The summed E-state index contributed by atoms with van der Waals surface area (Å²) in [6.45, 7) is 5.27. The first-order valence-corrected chi connectivity index (χ1v) is 9.53. The van der Waals surface area contributed by atoms with Crippen molar-refractivity contribution in [2.45, 2.75) is 57.2 Å². The van der Waals surface area contributed by atoms with E-state index in [1.54, 1.807) is 0 Å². The van der Waals surface area contributed by atoms with Crippen molar-refractivity contribution in [1.82, 2.24) is 4.90 Å². The van der Waals surface area contributed by atoms with Crippen LogP contribution < -0.4 is 0 Å². The molecule has 1 atom stereocenters. The summed E-state index contributed by atoms with van der Waals surface area (Å²) >= 11 is 0. The van der Waals surface area contributed by atoms with Crippen molar-refractivity contribution < 1.29 is 9.90 Å². The third kappa shape index (κ3) is 7.90. The summed E-state index contributed by atoms with van der Waals surface area (Å²) in [5.74, 6) is 0.143. The molecule has 1 saturated heterocycles. The largest absolute Gasteiger partial charge is 0.481 e. The van der Waals surface area contributed by atoms with E-state index < -0.39 is 11.3 Å². The predicted octanol–water partition coefficient (Wildman–Crippen LogP) is 4.24. The molecule has 148 valence electrons. The SMILES string of the molecule is BC(CCCC)(CCN1CCC(Cc2ccccc2)CC1)C(=O)O.Cl.Cl. The lowest BCUT2D eigenvalue weighted by Crippen LogP contribution is -2.37. The van der Waals surface area contributed by atoms with Crippen LogP contribution in [-0.2, 0) is 11.2 Å². The van der Waals surface area contributed by atoms with E-state index in [0.29, 0.717) is 0 Å². The van der Waals surface area contributed by atoms with Gasteiger partial charge >= 0.3 is 5.97 Å². The predicted molar refractivity (Wildman–Crippen MR) is 117 cm³/mol. The number of likely N-dealkylation sites (tertiary alicyclic amines) is 1. The highest BCUT2D eigenvalue weighted by molar-refractivity contribution is 6.26. The molecule has 0 aliphatic carbocycles. The van der Waals surface area contributed by atoms with Gasteiger partial charge in [-0.15, -0.1) is 24.8 Å². The number of hydrogen-bond acceptors (Lipinski definition) is 2. The van der Waals surface area contributed by atoms with E-state index in [4.69, 9.17) is 0 Å². The Morgan fingerprint density at radius 2 is 1.81 bits per heavy atom. The maximum Gasteiger partial charge on any atom is 0.301 e. The van der Waals surface area contributed by atoms with Gasteiger partial charge in [-0.25, -0.2) is 0 Å². The minimum Gasteiger partial charge on any atom is -0.481 e. The second-order valence-corrected chi connectivity index (χ2v) is 7.69. The molecule has 1 aliphatic rings. The fourth-order valence-corrected chi connectivity index (χ4v) is 3.67. The first-order chi connectivity index (χ1) is 11.5. The van der Waals surface area contributed by atoms with Crippen molar-refractivity contribution in [3.8, 4) is 0 Å². The number of aliphatic carboxylic acids is 1. The van der Waals surface area contributed by atoms with Crippen LogP contribution in [0.15, 0.2) is 30.3 Å². The van der Waals surface area contributed by atoms with Gasteiger partial charge in [-0.2, -0.15) is 0 Å². The minimum atomic E-state index is -0.630. The van der Waals surface area contributed by atoms with E-state index in [1.165, 1.54) is 24.8 Å². The van der Waals surface area contributed by atoms with Crippen LogP contribution in [0.25, 0.3) is 0 Å². The minimum absolute atomic E-state index is 0. The van der Waals surface area contributed by atoms with Gasteiger partial charge in [-0.1, -0.05) is 50.1 Å². The van der Waals surface area contributed by atoms with Crippen LogP contribution in [0.2, 0.25) is 5.31 Å². The Labute approximate surface area is 172 Å². The summed E-state index contributed by atoms with van der Waals surface area (Å²) in [5, 5.41) is 9.02. The van der Waals surface area contributed by atoms with E-state index in [2.05, 4.69) is 42.2 Å². The Balaban J connectivity index is 0.00000312. The van der Waals surface area contributed by atoms with Crippen molar-refractivity contribution >= 4 is 38.6 Å². The molecule has 0 spiro atoms. The van der Waals surface area contributed by atoms with Gasteiger partial charge in [-0.05, 0) is 63.2 Å². The standard InChI is InChI=1S/C20H32BNO2.2ClH/c1-2-3-11-20(21,19(23)24)12-15-22-13-9-18(10-14-22)16-17-7-5-4-6-8-17;;/h4-8,18H,2-3,9-16,21H2,1H3,(H,23,24);2*1H. The lowest BCUT2D eigenvalue weighted by Gasteiger charge is -2.34. The molecule has 3 nitrogen and oxygen atoms in total. The molecule has 0 amide bonds. The van der Waals surface area contributed by atoms with Crippen LogP contribution >= 0.6 is 24.8 Å². The topological polar surface area (TPSA) is 40.5 Å². The van der Waals surface area contributed by atoms with Crippen LogP contribution in [-0.4, -0.2) is 43.5 Å². The van der Waals surface area contributed by atoms with E-state index >= 15 is 0 Å². The zero-order chi connectivity index (χ0) is 17.4. The van der Waals surface area contributed by atoms with E-state index in [0.717, 1.165) is 51.2 Å². The monoisotopic (exact) mass is 401 g/mol. The summed E-state index contributed by atoms with van der Waals surface area (Å²) in [5.41, 5.74) is 1.44. The van der Waals surface area contributed by atoms with Gasteiger partial charge in [0.15, 0.2) is 0 Å². The molecule has 1 N–H and O–H groups in total. The van der Waals surface area contributed by atoms with Gasteiger partial charge in [0.2, 0.25) is 0 Å². The number of unbranched alkanes of at least 4 members (excludes halogenated alkanes) is 1. The molecule has 26 heavy (non-hydrogen) atoms. The van der Waals surface area contributed by atoms with Crippen molar-refractivity contribution in [2.75, 3.05) is 19.6 Å². The van der Waals surface area contributed by atoms with Gasteiger partial charge in [0.05, 0.1) is 0 Å². The lowest BCUT2D eigenvalue weighted by atomic mass is 9.63. The maximum absolute atomic E-state index is 11.6. The number of piperidine rings is 1. The smallest absolute Gasteiger partial charge is 0.301 e. The zero-order valence-corrected chi connectivity index (χ0v) is 17.8. The van der Waals surface area contributed by atoms with Gasteiger partial charge in [-0.3, -0.25) is 4.79 Å². The summed E-state index contributed by atoms with van der Waals surface area (Å²) in [4.78, 5) is 14.1. The summed E-state index contributed by atoms with van der Waals surface area (Å²) in [7, 11) is 1.92. The highest BCUT2D eigenvalue weighted by Gasteiger charge is 2.33. The molecule has 0 radical (unpaired) electrons. The van der Waals surface area contributed by atoms with Crippen LogP contribution in [0, 0.1) is 5.92 Å². The molecule has 1 fully saturated rings. The second kappa shape index (κ2) is 12.6. The molecule has 0 bridgehead atoms. The van der Waals surface area contributed by atoms with Crippen molar-refractivity contribution in [3.63, 3.8) is 0 Å². The molecule has 6 heteroatoms. The Hall–Kier alpha value is -0.705. The van der Waals surface area contributed by atoms with Crippen molar-refractivity contribution in [3.05, 3.63) is 35.9 Å². The van der Waals surface area contributed by atoms with Gasteiger partial charge in [0, 0.05) is 5.31 Å². The third-order valence-electron chi connectivity index (χ3n) is 5.65. The number of carboxylic acids is 1. The summed E-state index contributed by atoms with van der Waals surface area (Å²) in [6.07, 6.45) is 7.27. The normalized spacial score (nSPS) is 17.6. The molecule has 1 aromatic rings. The van der Waals surface area contributed by atoms with Gasteiger partial charge < -0.3 is 10.0 Å². The molecular weight excluding hydrogens is 368 g/mol. The Kier molecular flexibility index (Phi) is 12.3. The molecule has 1 unspecified atom stereocenters. The van der Waals surface area contributed by atoms with Crippen molar-refractivity contribution in [2.24, 2.45) is 5.92 Å². The zero-order valence-electron chi connectivity index (χ0n) is 16.2. The molecule has 0 saturated carbocycles. The second-order valence-electron chi connectivity index (χ2n) is 7.69. The van der Waals surface area contributed by atoms with Gasteiger partial charge in [0.25, 0.3) is 0 Å². The quantitative estimate of drug-likeness (QED) is 0.629. The molecule has 2 rings (SSSR count). The average molecular weight is 402 g/mol. The van der Waals surface area contributed by atoms with Crippen LogP contribution in [0.3, 0.4) is 0 Å². The number of benzene rings is 1. The number of halogens is 2. The molecule has 1 aliphatic heterocycles. The first-order valence-electron chi connectivity index (χ1n) is 9.53. The summed E-state index contributed by atoms with van der Waals surface area (Å²) < 4.78 is 0. The Morgan fingerprint density at radius 3 is 2.35 bits per heavy atom. The number of carbonyl (C=O) groups is 1. The maximum atomic E-state index is 11.6. The molecule has 1 aromatic carbocycles. The number of nitrogens with zero attached hydrogens (tertiary/aromatic N) is 1. The highest BCUT2D eigenvalue weighted by atomic mass is 35.5. The van der Waals surface area contributed by atoms with Crippen LogP contribution in [0.4, 0.5) is 0 Å². The van der Waals surface area contributed by atoms with E-state index in [1.807, 2.05) is 7.85 Å². The van der Waals surface area contributed by atoms with E-state index in [-0.39, 0.29) is 24.8 Å². The van der Waals surface area contributed by atoms with Crippen LogP contribution in [0.5, 0.6) is 0 Å². The summed E-state index contributed by atoms with van der Waals surface area (Å²) in [6, 6.07) is 10.8.